The maximum absolute atomic E-state index is 4.73. The van der Waals surface area contributed by atoms with Crippen molar-refractivity contribution in [2.75, 3.05) is 13.6 Å². The first kappa shape index (κ1) is 21.0. The van der Waals surface area contributed by atoms with Crippen molar-refractivity contribution in [3.63, 3.8) is 0 Å². The van der Waals surface area contributed by atoms with Crippen LogP contribution in [0, 0.1) is 0 Å². The maximum atomic E-state index is 4.73. The smallest absolute Gasteiger partial charge is 0.194 e. The Hall–Kier alpha value is -2.29. The Labute approximate surface area is 177 Å². The van der Waals surface area contributed by atoms with E-state index in [2.05, 4.69) is 51.5 Å². The monoisotopic (exact) mass is 478 g/mol. The van der Waals surface area contributed by atoms with Crippen molar-refractivity contribution in [1.29, 1.82) is 0 Å². The molecule has 0 atom stereocenters. The third-order valence-corrected chi connectivity index (χ3v) is 4.10. The molecule has 0 amide bonds. The number of nitrogens with zero attached hydrogens (tertiary/aromatic N) is 4. The minimum atomic E-state index is 0. The van der Waals surface area contributed by atoms with E-state index in [9.17, 15) is 0 Å². The molecule has 144 valence electrons. The number of nitrogens with one attached hydrogen (secondary N) is 2. The van der Waals surface area contributed by atoms with Crippen LogP contribution in [0.3, 0.4) is 0 Å². The Morgan fingerprint density at radius 1 is 1.26 bits per heavy atom. The van der Waals surface area contributed by atoms with Gasteiger partial charge in [0.25, 0.3) is 0 Å². The van der Waals surface area contributed by atoms with Gasteiger partial charge in [0.1, 0.15) is 5.82 Å². The fourth-order valence-corrected chi connectivity index (χ4v) is 2.80. The van der Waals surface area contributed by atoms with E-state index in [-0.39, 0.29) is 24.0 Å². The van der Waals surface area contributed by atoms with Crippen LogP contribution in [0.15, 0.2) is 60.0 Å². The van der Waals surface area contributed by atoms with E-state index in [1.54, 1.807) is 0 Å². The lowest BCUT2D eigenvalue weighted by molar-refractivity contribution is 0.464. The number of aromatic nitrogens is 3. The van der Waals surface area contributed by atoms with E-state index in [0.717, 1.165) is 29.6 Å². The van der Waals surface area contributed by atoms with Crippen molar-refractivity contribution >= 4 is 29.9 Å². The van der Waals surface area contributed by atoms with Crippen molar-refractivity contribution in [3.05, 3.63) is 66.4 Å². The van der Waals surface area contributed by atoms with Gasteiger partial charge in [-0.2, -0.15) is 0 Å². The van der Waals surface area contributed by atoms with Gasteiger partial charge in [-0.25, -0.2) is 9.98 Å². The first-order valence-electron chi connectivity index (χ1n) is 8.85. The van der Waals surface area contributed by atoms with Crippen molar-refractivity contribution < 1.29 is 0 Å². The van der Waals surface area contributed by atoms with Gasteiger partial charge in [-0.15, -0.1) is 24.0 Å². The average Bonchev–Trinajstić information content (AvgIpc) is 3.28. The summed E-state index contributed by atoms with van der Waals surface area (Å²) in [5.74, 6) is 1.78. The predicted molar refractivity (Wildman–Crippen MR) is 121 cm³/mol. The summed E-state index contributed by atoms with van der Waals surface area (Å²) in [6, 6.07) is 12.3. The highest BCUT2D eigenvalue weighted by molar-refractivity contribution is 14.0. The zero-order chi connectivity index (χ0) is 18.4. The van der Waals surface area contributed by atoms with Crippen LogP contribution in [0.1, 0.15) is 18.3 Å². The number of aromatic amines is 1. The van der Waals surface area contributed by atoms with Crippen LogP contribution in [0.5, 0.6) is 0 Å². The molecule has 0 bridgehead atoms. The molecule has 1 aromatic carbocycles. The van der Waals surface area contributed by atoms with Crippen molar-refractivity contribution in [1.82, 2.24) is 24.8 Å². The summed E-state index contributed by atoms with van der Waals surface area (Å²) in [4.78, 5) is 14.7. The highest BCUT2D eigenvalue weighted by Crippen LogP contribution is 2.16. The molecule has 0 aliphatic rings. The van der Waals surface area contributed by atoms with Crippen LogP contribution in [0.2, 0.25) is 0 Å². The number of halogens is 1. The van der Waals surface area contributed by atoms with Crippen LogP contribution in [-0.2, 0) is 20.1 Å². The van der Waals surface area contributed by atoms with E-state index < -0.39 is 0 Å². The first-order chi connectivity index (χ1) is 12.7. The highest BCUT2D eigenvalue weighted by atomic mass is 127. The molecule has 2 N–H and O–H groups in total. The molecule has 6 nitrogen and oxygen atoms in total. The molecule has 0 fully saturated rings. The lowest BCUT2D eigenvalue weighted by atomic mass is 10.2. The molecule has 27 heavy (non-hydrogen) atoms. The molecule has 3 aromatic rings. The number of hydrogen-bond donors (Lipinski definition) is 2. The Bertz CT molecular complexity index is 852. The minimum Gasteiger partial charge on any atom is -0.357 e. The van der Waals surface area contributed by atoms with Crippen molar-refractivity contribution in [2.45, 2.75) is 20.0 Å². The predicted octanol–water partition coefficient (Wildman–Crippen LogP) is 3.63. The number of hydrogen-bond acceptors (Lipinski definition) is 2. The molecule has 0 spiro atoms. The van der Waals surface area contributed by atoms with Gasteiger partial charge in [-0.1, -0.05) is 30.3 Å². The molecule has 0 aliphatic carbocycles. The van der Waals surface area contributed by atoms with Crippen LogP contribution < -0.4 is 5.32 Å². The van der Waals surface area contributed by atoms with Gasteiger partial charge in [0.15, 0.2) is 5.96 Å². The molecule has 7 heteroatoms. The van der Waals surface area contributed by atoms with E-state index >= 15 is 0 Å². The van der Waals surface area contributed by atoms with Gasteiger partial charge in [-0.05, 0) is 24.1 Å². The summed E-state index contributed by atoms with van der Waals surface area (Å²) in [6.45, 7) is 4.21. The van der Waals surface area contributed by atoms with Gasteiger partial charge in [0.05, 0.1) is 25.0 Å². The molecule has 3 rings (SSSR count). The van der Waals surface area contributed by atoms with E-state index in [4.69, 9.17) is 4.99 Å². The summed E-state index contributed by atoms with van der Waals surface area (Å²) in [6.07, 6.45) is 6.01. The minimum absolute atomic E-state index is 0. The molecule has 0 unspecified atom stereocenters. The van der Waals surface area contributed by atoms with E-state index in [1.165, 1.54) is 5.56 Å². The summed E-state index contributed by atoms with van der Waals surface area (Å²) in [5.41, 5.74) is 3.36. The Morgan fingerprint density at radius 3 is 2.70 bits per heavy atom. The number of aliphatic imine (C=N–C) groups is 1. The summed E-state index contributed by atoms with van der Waals surface area (Å²) >= 11 is 0. The summed E-state index contributed by atoms with van der Waals surface area (Å²) in [5, 5.41) is 3.35. The van der Waals surface area contributed by atoms with Crippen LogP contribution in [0.4, 0.5) is 0 Å². The van der Waals surface area contributed by atoms with Gasteiger partial charge < -0.3 is 19.8 Å². The molecule has 0 aliphatic heterocycles. The van der Waals surface area contributed by atoms with Gasteiger partial charge >= 0.3 is 0 Å². The molecule has 2 aromatic heterocycles. The fraction of sp³-hybridized carbons (Fsp3) is 0.300. The third kappa shape index (κ3) is 5.85. The number of guanidine groups is 1. The van der Waals surface area contributed by atoms with E-state index in [1.807, 2.05) is 49.3 Å². The summed E-state index contributed by atoms with van der Waals surface area (Å²) in [7, 11) is 4.04. The molecule has 0 saturated heterocycles. The number of H-pyrrole nitrogens is 1. The van der Waals surface area contributed by atoms with Crippen LogP contribution in [0.25, 0.3) is 11.3 Å². The summed E-state index contributed by atoms with van der Waals surface area (Å²) < 4.78 is 2.04. The number of aryl methyl sites for hydroxylation is 1. The van der Waals surface area contributed by atoms with Crippen LogP contribution >= 0.6 is 24.0 Å². The second kappa shape index (κ2) is 10.1. The SMILES string of the molecule is CCNC(=NCc1ccn(C)c1)N(C)Cc1ncc(-c2ccccc2)[nH]1.I. The Kier molecular flexibility index (Phi) is 7.90. The highest BCUT2D eigenvalue weighted by Gasteiger charge is 2.10. The molecular weight excluding hydrogens is 451 g/mol. The Morgan fingerprint density at radius 2 is 2.04 bits per heavy atom. The van der Waals surface area contributed by atoms with Crippen molar-refractivity contribution in [2.24, 2.45) is 12.0 Å². The maximum Gasteiger partial charge on any atom is 0.194 e. The van der Waals surface area contributed by atoms with Gasteiger partial charge in [0.2, 0.25) is 0 Å². The quantitative estimate of drug-likeness (QED) is 0.323. The third-order valence-electron chi connectivity index (χ3n) is 4.10. The first-order valence-corrected chi connectivity index (χ1v) is 8.85. The molecule has 0 saturated carbocycles. The number of benzene rings is 1. The molecule has 0 radical (unpaired) electrons. The number of rotatable bonds is 6. The molecule has 2 heterocycles. The standard InChI is InChI=1S/C20H26N6.HI/c1-4-21-20(23-12-16-10-11-25(2)14-16)26(3)15-19-22-13-18(24-19)17-8-6-5-7-9-17;/h5-11,13-14H,4,12,15H2,1-3H3,(H,21,23)(H,22,24);1H. The van der Waals surface area contributed by atoms with Gasteiger partial charge in [-0.3, -0.25) is 0 Å². The average molecular weight is 478 g/mol. The van der Waals surface area contributed by atoms with Crippen LogP contribution in [-0.4, -0.2) is 39.0 Å². The van der Waals surface area contributed by atoms with E-state index in [0.29, 0.717) is 13.1 Å². The zero-order valence-corrected chi connectivity index (χ0v) is 18.3. The molecular formula is C20H27IN6. The van der Waals surface area contributed by atoms with Crippen molar-refractivity contribution in [3.8, 4) is 11.3 Å². The van der Waals surface area contributed by atoms with Gasteiger partial charge in [0, 0.05) is 33.0 Å². The second-order valence-corrected chi connectivity index (χ2v) is 6.32. The lowest BCUT2D eigenvalue weighted by Gasteiger charge is -2.21. The largest absolute Gasteiger partial charge is 0.357 e. The second-order valence-electron chi connectivity index (χ2n) is 6.32. The number of imidazole rings is 1. The fourth-order valence-electron chi connectivity index (χ4n) is 2.80. The lowest BCUT2D eigenvalue weighted by Crippen LogP contribution is -2.38. The zero-order valence-electron chi connectivity index (χ0n) is 16.0. The normalized spacial score (nSPS) is 11.1. The Balaban J connectivity index is 0.00000261. The topological polar surface area (TPSA) is 61.2 Å².